The third-order valence-electron chi connectivity index (χ3n) is 11.9. The van der Waals surface area contributed by atoms with Gasteiger partial charge in [-0.1, -0.05) is 182 Å². The Kier molecular flexibility index (Phi) is 7.82. The van der Waals surface area contributed by atoms with E-state index >= 15 is 0 Å². The summed E-state index contributed by atoms with van der Waals surface area (Å²) in [5.41, 5.74) is 15.5. The van der Waals surface area contributed by atoms with Crippen molar-refractivity contribution in [3.05, 3.63) is 218 Å². The molecular formula is C56H36N4. The molecular weight excluding hydrogens is 729 g/mol. The Labute approximate surface area is 346 Å². The number of fused-ring (bicyclic) bond motifs is 7. The van der Waals surface area contributed by atoms with Crippen LogP contribution in [-0.2, 0) is 0 Å². The molecule has 3 heterocycles. The van der Waals surface area contributed by atoms with E-state index in [1.54, 1.807) is 0 Å². The molecule has 0 spiro atoms. The molecule has 4 nitrogen and oxygen atoms in total. The molecule has 0 saturated carbocycles. The fourth-order valence-electron chi connectivity index (χ4n) is 9.15. The summed E-state index contributed by atoms with van der Waals surface area (Å²) in [5.74, 6) is 0.713. The van der Waals surface area contributed by atoms with Gasteiger partial charge < -0.3 is 0 Å². The van der Waals surface area contributed by atoms with Crippen molar-refractivity contribution >= 4 is 49.1 Å². The van der Waals surface area contributed by atoms with Crippen LogP contribution in [0.2, 0.25) is 0 Å². The number of hydrogen-bond acceptors (Lipinski definition) is 2. The molecule has 0 amide bonds. The van der Waals surface area contributed by atoms with Crippen LogP contribution in [0, 0.1) is 0 Å². The molecule has 0 fully saturated rings. The highest BCUT2D eigenvalue weighted by Gasteiger charge is 2.22. The highest BCUT2D eigenvalue weighted by atomic mass is 15.1. The van der Waals surface area contributed by atoms with Gasteiger partial charge >= 0.3 is 0 Å². The lowest BCUT2D eigenvalue weighted by Gasteiger charge is -2.13. The Hall–Kier alpha value is -8.08. The maximum Gasteiger partial charge on any atom is 0.161 e. The summed E-state index contributed by atoms with van der Waals surface area (Å²) in [6.07, 6.45) is 0. The van der Waals surface area contributed by atoms with Gasteiger partial charge in [0.25, 0.3) is 0 Å². The van der Waals surface area contributed by atoms with E-state index < -0.39 is 0 Å². The molecule has 0 radical (unpaired) electrons. The van der Waals surface area contributed by atoms with Gasteiger partial charge in [0.05, 0.1) is 27.9 Å². The SMILES string of the molecule is c1ccc(-n2c3ccccc3n3c4ccccc4c(-c4ccc(-c5ccc(-c6cc(-c7cccc8ccccc78)nc(-c7cccc8ccccc78)n6)cc5)cc4)c23)cc1. The van der Waals surface area contributed by atoms with Gasteiger partial charge in [0.15, 0.2) is 5.82 Å². The third kappa shape index (κ3) is 5.46. The first-order valence-electron chi connectivity index (χ1n) is 20.4. The van der Waals surface area contributed by atoms with E-state index in [0.29, 0.717) is 5.82 Å². The van der Waals surface area contributed by atoms with Crippen molar-refractivity contribution in [3.63, 3.8) is 0 Å². The van der Waals surface area contributed by atoms with Gasteiger partial charge in [-0.05, 0) is 74.6 Å². The summed E-state index contributed by atoms with van der Waals surface area (Å²) in [6, 6.07) is 77.9. The van der Waals surface area contributed by atoms with Crippen LogP contribution < -0.4 is 0 Å². The molecule has 0 aliphatic carbocycles. The third-order valence-corrected chi connectivity index (χ3v) is 11.9. The Morgan fingerprint density at radius 3 is 1.53 bits per heavy atom. The zero-order chi connectivity index (χ0) is 39.6. The second kappa shape index (κ2) is 13.8. The van der Waals surface area contributed by atoms with Gasteiger partial charge in [-0.15, -0.1) is 0 Å². The summed E-state index contributed by atoms with van der Waals surface area (Å²) in [6.45, 7) is 0. The van der Waals surface area contributed by atoms with Crippen molar-refractivity contribution < 1.29 is 0 Å². The summed E-state index contributed by atoms with van der Waals surface area (Å²) in [7, 11) is 0. The Balaban J connectivity index is 0.960. The van der Waals surface area contributed by atoms with Crippen molar-refractivity contribution in [1.82, 2.24) is 18.9 Å². The van der Waals surface area contributed by atoms with E-state index in [4.69, 9.17) is 9.97 Å². The smallest absolute Gasteiger partial charge is 0.161 e. The normalized spacial score (nSPS) is 11.7. The first kappa shape index (κ1) is 34.0. The van der Waals surface area contributed by atoms with E-state index in [1.165, 1.54) is 49.2 Å². The molecule has 280 valence electrons. The van der Waals surface area contributed by atoms with E-state index in [2.05, 4.69) is 227 Å². The molecule has 12 aromatic rings. The molecule has 3 aromatic heterocycles. The summed E-state index contributed by atoms with van der Waals surface area (Å²) in [4.78, 5) is 10.5. The first-order chi connectivity index (χ1) is 29.8. The lowest BCUT2D eigenvalue weighted by atomic mass is 9.97. The lowest BCUT2D eigenvalue weighted by molar-refractivity contribution is 1.15. The number of aromatic nitrogens is 4. The van der Waals surface area contributed by atoms with E-state index in [-0.39, 0.29) is 0 Å². The van der Waals surface area contributed by atoms with Crippen LogP contribution in [0.5, 0.6) is 0 Å². The summed E-state index contributed by atoms with van der Waals surface area (Å²) in [5, 5.41) is 5.89. The van der Waals surface area contributed by atoms with Crippen LogP contribution in [0.3, 0.4) is 0 Å². The van der Waals surface area contributed by atoms with Crippen LogP contribution in [0.25, 0.3) is 111 Å². The quantitative estimate of drug-likeness (QED) is 0.169. The number of rotatable bonds is 6. The number of imidazole rings is 1. The minimum atomic E-state index is 0.713. The fourth-order valence-corrected chi connectivity index (χ4v) is 9.15. The number of hydrogen-bond donors (Lipinski definition) is 0. The van der Waals surface area contributed by atoms with Crippen molar-refractivity contribution in [3.8, 4) is 61.8 Å². The average Bonchev–Trinajstić information content (AvgIpc) is 3.84. The van der Waals surface area contributed by atoms with Gasteiger partial charge in [0.2, 0.25) is 0 Å². The molecule has 0 aliphatic heterocycles. The van der Waals surface area contributed by atoms with E-state index in [0.717, 1.165) is 55.9 Å². The van der Waals surface area contributed by atoms with E-state index in [1.807, 2.05) is 0 Å². The predicted molar refractivity (Wildman–Crippen MR) is 250 cm³/mol. The van der Waals surface area contributed by atoms with Crippen LogP contribution in [0.1, 0.15) is 0 Å². The second-order valence-corrected chi connectivity index (χ2v) is 15.4. The molecule has 9 aromatic carbocycles. The Bertz CT molecular complexity index is 3470. The zero-order valence-corrected chi connectivity index (χ0v) is 32.6. The minimum Gasteiger partial charge on any atom is -0.293 e. The summed E-state index contributed by atoms with van der Waals surface area (Å²) < 4.78 is 4.83. The molecule has 4 heteroatoms. The molecule has 60 heavy (non-hydrogen) atoms. The van der Waals surface area contributed by atoms with Crippen LogP contribution in [0.4, 0.5) is 0 Å². The molecule has 0 saturated heterocycles. The molecule has 0 bridgehead atoms. The number of benzene rings is 9. The monoisotopic (exact) mass is 764 g/mol. The standard InChI is InChI=1S/C56H36N4/c1-2-18-43(19-3-1)59-52-26-10-11-27-53(52)60-51-25-9-8-22-48(51)54(56(59)60)42-34-30-38(31-35-42)37-28-32-41(33-29-37)49-36-50(46-23-12-16-39-14-4-6-20-44(39)46)58-55(57-49)47-24-13-17-40-15-5-7-21-45(40)47/h1-36H. The van der Waals surface area contributed by atoms with Crippen LogP contribution >= 0.6 is 0 Å². The molecule has 0 unspecified atom stereocenters. The fraction of sp³-hybridized carbons (Fsp3) is 0. The lowest BCUT2D eigenvalue weighted by Crippen LogP contribution is -1.97. The van der Waals surface area contributed by atoms with Gasteiger partial charge in [-0.2, -0.15) is 0 Å². The molecule has 0 aliphatic rings. The first-order valence-corrected chi connectivity index (χ1v) is 20.4. The van der Waals surface area contributed by atoms with Gasteiger partial charge in [-0.25, -0.2) is 9.97 Å². The van der Waals surface area contributed by atoms with Crippen molar-refractivity contribution in [2.45, 2.75) is 0 Å². The van der Waals surface area contributed by atoms with E-state index in [9.17, 15) is 0 Å². The largest absolute Gasteiger partial charge is 0.293 e. The minimum absolute atomic E-state index is 0.713. The molecule has 12 rings (SSSR count). The van der Waals surface area contributed by atoms with Crippen LogP contribution in [-0.4, -0.2) is 18.9 Å². The van der Waals surface area contributed by atoms with Crippen molar-refractivity contribution in [2.24, 2.45) is 0 Å². The number of nitrogens with zero attached hydrogens (tertiary/aromatic N) is 4. The van der Waals surface area contributed by atoms with Gasteiger partial charge in [-0.3, -0.25) is 8.97 Å². The van der Waals surface area contributed by atoms with Crippen molar-refractivity contribution in [2.75, 3.05) is 0 Å². The van der Waals surface area contributed by atoms with Crippen LogP contribution in [0.15, 0.2) is 218 Å². The molecule has 0 atom stereocenters. The zero-order valence-electron chi connectivity index (χ0n) is 32.6. The van der Waals surface area contributed by atoms with Gasteiger partial charge in [0.1, 0.15) is 5.65 Å². The topological polar surface area (TPSA) is 35.1 Å². The summed E-state index contributed by atoms with van der Waals surface area (Å²) >= 11 is 0. The van der Waals surface area contributed by atoms with Gasteiger partial charge in [0, 0.05) is 33.3 Å². The average molecular weight is 765 g/mol. The maximum absolute atomic E-state index is 5.25. The highest BCUT2D eigenvalue weighted by molar-refractivity contribution is 6.09. The molecule has 0 N–H and O–H groups in total. The Morgan fingerprint density at radius 1 is 0.333 bits per heavy atom. The highest BCUT2D eigenvalue weighted by Crippen LogP contribution is 2.41. The number of para-hydroxylation sites is 4. The predicted octanol–water partition coefficient (Wildman–Crippen LogP) is 14.5. The second-order valence-electron chi connectivity index (χ2n) is 15.4. The Morgan fingerprint density at radius 2 is 0.833 bits per heavy atom. The van der Waals surface area contributed by atoms with Crippen molar-refractivity contribution in [1.29, 1.82) is 0 Å². The maximum atomic E-state index is 5.25.